The summed E-state index contributed by atoms with van der Waals surface area (Å²) in [6.45, 7) is 2.12. The molecule has 0 aromatic carbocycles. The third kappa shape index (κ3) is 1.95. The predicted molar refractivity (Wildman–Crippen MR) is 37.0 cm³/mol. The third-order valence-electron chi connectivity index (χ3n) is 1.80. The molecule has 0 aliphatic carbocycles. The Morgan fingerprint density at radius 2 is 2.44 bits per heavy atom. The molecule has 1 aliphatic heterocycles. The average Bonchev–Trinajstić information content (AvgIpc) is 1.88. The van der Waals surface area contributed by atoms with Crippen molar-refractivity contribution in [2.45, 2.75) is 18.9 Å². The van der Waals surface area contributed by atoms with Gasteiger partial charge in [0, 0.05) is 7.11 Å². The molecule has 1 unspecified atom stereocenters. The minimum Gasteiger partial charge on any atom is -0.457 e. The largest absolute Gasteiger partial charge is 0.457 e. The summed E-state index contributed by atoms with van der Waals surface area (Å²) in [5.74, 6) is 0. The van der Waals surface area contributed by atoms with Crippen molar-refractivity contribution >= 4 is 0 Å². The Hall–Kier alpha value is -0.0800. The van der Waals surface area contributed by atoms with E-state index in [1.165, 1.54) is 12.8 Å². The van der Waals surface area contributed by atoms with Crippen molar-refractivity contribution in [1.29, 1.82) is 0 Å². The summed E-state index contributed by atoms with van der Waals surface area (Å²) in [5, 5.41) is 0. The highest BCUT2D eigenvalue weighted by Gasteiger charge is 2.11. The molecule has 0 spiro atoms. The minimum absolute atomic E-state index is 0.427. The van der Waals surface area contributed by atoms with Crippen LogP contribution in [0.2, 0.25) is 0 Å². The van der Waals surface area contributed by atoms with Crippen LogP contribution in [-0.2, 0) is 4.74 Å². The first kappa shape index (κ1) is 7.03. The summed E-state index contributed by atoms with van der Waals surface area (Å²) >= 11 is 0. The number of hydrogen-bond donors (Lipinski definition) is 0. The van der Waals surface area contributed by atoms with Crippen LogP contribution in [0.5, 0.6) is 0 Å². The lowest BCUT2D eigenvalue weighted by molar-refractivity contribution is 0.0465. The molecule has 1 aliphatic rings. The normalized spacial score (nSPS) is 30.7. The predicted octanol–water partition coefficient (Wildman–Crippen LogP) is 0.889. The van der Waals surface area contributed by atoms with Crippen LogP contribution in [0, 0.1) is 7.05 Å². The first-order valence-corrected chi connectivity index (χ1v) is 3.41. The summed E-state index contributed by atoms with van der Waals surface area (Å²) in [6, 6.07) is 0. The second kappa shape index (κ2) is 3.18. The van der Waals surface area contributed by atoms with Gasteiger partial charge >= 0.3 is 0 Å². The fourth-order valence-electron chi connectivity index (χ4n) is 1.21. The van der Waals surface area contributed by atoms with Gasteiger partial charge in [0.1, 0.15) is 0 Å². The van der Waals surface area contributed by atoms with Crippen LogP contribution in [0.25, 0.3) is 0 Å². The van der Waals surface area contributed by atoms with Crippen LogP contribution >= 0.6 is 0 Å². The number of likely N-dealkylation sites (tertiary alicyclic amines) is 1. The molecule has 1 atom stereocenters. The Bertz CT molecular complexity index is 85.0. The van der Waals surface area contributed by atoms with Crippen molar-refractivity contribution in [3.8, 4) is 0 Å². The molecule has 0 aromatic heterocycles. The van der Waals surface area contributed by atoms with Gasteiger partial charge in [-0.3, -0.25) is 7.05 Å². The molecule has 0 radical (unpaired) electrons. The molecule has 1 saturated heterocycles. The SMILES string of the molecule is [CH2-]N1CCCC(OC)C1. The molecule has 54 valence electrons. The molecular formula is C7H14NO-. The van der Waals surface area contributed by atoms with Gasteiger partial charge in [0.25, 0.3) is 0 Å². The zero-order valence-corrected chi connectivity index (χ0v) is 5.97. The first-order valence-electron chi connectivity index (χ1n) is 3.41. The van der Waals surface area contributed by atoms with Gasteiger partial charge in [0.2, 0.25) is 0 Å². The van der Waals surface area contributed by atoms with Crippen molar-refractivity contribution in [1.82, 2.24) is 4.90 Å². The molecule has 1 rings (SSSR count). The van der Waals surface area contributed by atoms with Crippen molar-refractivity contribution in [3.05, 3.63) is 7.05 Å². The van der Waals surface area contributed by atoms with Gasteiger partial charge in [-0.05, 0) is 25.9 Å². The van der Waals surface area contributed by atoms with Gasteiger partial charge in [-0.25, -0.2) is 0 Å². The molecule has 9 heavy (non-hydrogen) atoms. The fraction of sp³-hybridized carbons (Fsp3) is 0.857. The molecule has 0 N–H and O–H groups in total. The fourth-order valence-corrected chi connectivity index (χ4v) is 1.21. The zero-order valence-electron chi connectivity index (χ0n) is 5.97. The van der Waals surface area contributed by atoms with Gasteiger partial charge in [0.15, 0.2) is 0 Å². The molecule has 0 aromatic rings. The maximum atomic E-state index is 5.18. The zero-order chi connectivity index (χ0) is 6.69. The topological polar surface area (TPSA) is 12.5 Å². The van der Waals surface area contributed by atoms with Crippen LogP contribution in [0.4, 0.5) is 0 Å². The number of nitrogens with zero attached hydrogens (tertiary/aromatic N) is 1. The summed E-state index contributed by atoms with van der Waals surface area (Å²) in [6.07, 6.45) is 2.85. The van der Waals surface area contributed by atoms with Crippen LogP contribution in [0.3, 0.4) is 0 Å². The summed E-state index contributed by atoms with van der Waals surface area (Å²) in [4.78, 5) is 2.07. The lowest BCUT2D eigenvalue weighted by Gasteiger charge is -2.34. The standard InChI is InChI=1S/C7H14NO/c1-8-5-3-4-7(6-8)9-2/h7H,1,3-6H2,2H3/q-1. The van der Waals surface area contributed by atoms with Crippen molar-refractivity contribution in [2.75, 3.05) is 20.2 Å². The summed E-state index contributed by atoms with van der Waals surface area (Å²) < 4.78 is 5.18. The molecule has 1 fully saturated rings. The maximum absolute atomic E-state index is 5.18. The average molecular weight is 128 g/mol. The number of piperidine rings is 1. The Morgan fingerprint density at radius 3 is 2.89 bits per heavy atom. The van der Waals surface area contributed by atoms with E-state index < -0.39 is 0 Å². The Morgan fingerprint density at radius 1 is 1.67 bits per heavy atom. The van der Waals surface area contributed by atoms with Gasteiger partial charge in [-0.15, -0.1) is 0 Å². The number of hydrogen-bond acceptors (Lipinski definition) is 2. The van der Waals surface area contributed by atoms with Gasteiger partial charge < -0.3 is 9.64 Å². The highest BCUT2D eigenvalue weighted by atomic mass is 16.5. The van der Waals surface area contributed by atoms with E-state index in [1.54, 1.807) is 7.11 Å². The second-order valence-corrected chi connectivity index (χ2v) is 2.58. The van der Waals surface area contributed by atoms with Crippen LogP contribution < -0.4 is 0 Å². The van der Waals surface area contributed by atoms with E-state index in [4.69, 9.17) is 4.74 Å². The molecule has 0 saturated carbocycles. The number of rotatable bonds is 1. The summed E-state index contributed by atoms with van der Waals surface area (Å²) in [5.41, 5.74) is 0. The molecule has 2 nitrogen and oxygen atoms in total. The Balaban J connectivity index is 2.23. The van der Waals surface area contributed by atoms with Gasteiger partial charge in [0.05, 0.1) is 6.10 Å². The van der Waals surface area contributed by atoms with E-state index in [9.17, 15) is 0 Å². The monoisotopic (exact) mass is 128 g/mol. The highest BCUT2D eigenvalue weighted by Crippen LogP contribution is 2.10. The van der Waals surface area contributed by atoms with E-state index in [-0.39, 0.29) is 0 Å². The van der Waals surface area contributed by atoms with E-state index >= 15 is 0 Å². The number of methoxy groups -OCH3 is 1. The van der Waals surface area contributed by atoms with Crippen molar-refractivity contribution < 1.29 is 4.74 Å². The number of ether oxygens (including phenoxy) is 1. The Labute approximate surface area is 56.8 Å². The van der Waals surface area contributed by atoms with Gasteiger partial charge in [-0.2, -0.15) is 0 Å². The lowest BCUT2D eigenvalue weighted by atomic mass is 10.1. The van der Waals surface area contributed by atoms with E-state index in [2.05, 4.69) is 11.9 Å². The van der Waals surface area contributed by atoms with Crippen LogP contribution in [0.1, 0.15) is 12.8 Å². The minimum atomic E-state index is 0.427. The van der Waals surface area contributed by atoms with Crippen molar-refractivity contribution in [3.63, 3.8) is 0 Å². The summed E-state index contributed by atoms with van der Waals surface area (Å²) in [7, 11) is 5.62. The van der Waals surface area contributed by atoms with E-state index in [0.29, 0.717) is 6.10 Å². The van der Waals surface area contributed by atoms with E-state index in [0.717, 1.165) is 13.1 Å². The lowest BCUT2D eigenvalue weighted by Crippen LogP contribution is -2.34. The molecule has 0 amide bonds. The highest BCUT2D eigenvalue weighted by molar-refractivity contribution is 4.71. The Kier molecular flexibility index (Phi) is 2.49. The second-order valence-electron chi connectivity index (χ2n) is 2.58. The van der Waals surface area contributed by atoms with Crippen LogP contribution in [0.15, 0.2) is 0 Å². The van der Waals surface area contributed by atoms with Gasteiger partial charge in [-0.1, -0.05) is 0 Å². The quantitative estimate of drug-likeness (QED) is 0.486. The third-order valence-corrected chi connectivity index (χ3v) is 1.80. The van der Waals surface area contributed by atoms with Crippen LogP contribution in [-0.4, -0.2) is 31.2 Å². The molecule has 1 heterocycles. The molecule has 2 heteroatoms. The molecule has 0 bridgehead atoms. The van der Waals surface area contributed by atoms with Crippen molar-refractivity contribution in [2.24, 2.45) is 0 Å². The smallest absolute Gasteiger partial charge is 0.0674 e. The molecular weight excluding hydrogens is 114 g/mol. The first-order chi connectivity index (χ1) is 4.33. The maximum Gasteiger partial charge on any atom is 0.0674 e. The van der Waals surface area contributed by atoms with E-state index in [1.807, 2.05) is 0 Å².